The van der Waals surface area contributed by atoms with Crippen molar-refractivity contribution in [3.8, 4) is 0 Å². The van der Waals surface area contributed by atoms with Crippen molar-refractivity contribution in [1.82, 2.24) is 0 Å². The van der Waals surface area contributed by atoms with Gasteiger partial charge in [0.15, 0.2) is 0 Å². The fraction of sp³-hybridized carbons (Fsp3) is 0.875. The molecule has 0 aromatic rings. The Labute approximate surface area is 66.7 Å². The van der Waals surface area contributed by atoms with E-state index in [0.717, 1.165) is 6.42 Å². The van der Waals surface area contributed by atoms with Gasteiger partial charge in [0, 0.05) is 13.5 Å². The molecule has 1 aliphatic rings. The van der Waals surface area contributed by atoms with Crippen molar-refractivity contribution in [3.05, 3.63) is 0 Å². The molecule has 1 fully saturated rings. The van der Waals surface area contributed by atoms with Crippen LogP contribution in [-0.2, 0) is 14.3 Å². The molecule has 0 bridgehead atoms. The van der Waals surface area contributed by atoms with Crippen LogP contribution in [-0.4, -0.2) is 24.8 Å². The number of rotatable bonds is 1. The maximum atomic E-state index is 10.9. The van der Waals surface area contributed by atoms with Crippen LogP contribution in [0.5, 0.6) is 0 Å². The van der Waals surface area contributed by atoms with Gasteiger partial charge in [-0.3, -0.25) is 4.79 Å². The van der Waals surface area contributed by atoms with Crippen LogP contribution in [0.2, 0.25) is 0 Å². The van der Waals surface area contributed by atoms with Gasteiger partial charge in [-0.2, -0.15) is 0 Å². The first-order valence-electron chi connectivity index (χ1n) is 3.81. The Morgan fingerprint density at radius 1 is 1.64 bits per heavy atom. The van der Waals surface area contributed by atoms with Gasteiger partial charge < -0.3 is 9.47 Å². The van der Waals surface area contributed by atoms with Crippen molar-refractivity contribution in [2.75, 3.05) is 7.11 Å². The third-order valence-electron chi connectivity index (χ3n) is 2.05. The average molecular weight is 158 g/mol. The second-order valence-corrected chi connectivity index (χ2v) is 3.34. The molecule has 1 saturated heterocycles. The van der Waals surface area contributed by atoms with Gasteiger partial charge in [0.2, 0.25) is 0 Å². The van der Waals surface area contributed by atoms with Gasteiger partial charge in [-0.1, -0.05) is 0 Å². The lowest BCUT2D eigenvalue weighted by molar-refractivity contribution is -0.182. The van der Waals surface area contributed by atoms with Crippen LogP contribution in [0.1, 0.15) is 26.7 Å². The molecule has 0 aromatic carbocycles. The van der Waals surface area contributed by atoms with E-state index in [1.807, 2.05) is 13.8 Å². The van der Waals surface area contributed by atoms with Crippen molar-refractivity contribution in [3.63, 3.8) is 0 Å². The highest BCUT2D eigenvalue weighted by Gasteiger charge is 2.37. The van der Waals surface area contributed by atoms with E-state index in [4.69, 9.17) is 9.47 Å². The van der Waals surface area contributed by atoms with E-state index in [-0.39, 0.29) is 12.1 Å². The second-order valence-electron chi connectivity index (χ2n) is 3.34. The Morgan fingerprint density at radius 2 is 2.27 bits per heavy atom. The Balaban J connectivity index is 2.63. The van der Waals surface area contributed by atoms with Gasteiger partial charge in [0.1, 0.15) is 5.60 Å². The van der Waals surface area contributed by atoms with Gasteiger partial charge in [-0.15, -0.1) is 0 Å². The lowest BCUT2D eigenvalue weighted by atomic mass is 9.94. The largest absolute Gasteiger partial charge is 0.457 e. The molecule has 0 radical (unpaired) electrons. The summed E-state index contributed by atoms with van der Waals surface area (Å²) in [6.45, 7) is 3.75. The minimum absolute atomic E-state index is 0.0419. The van der Waals surface area contributed by atoms with Crippen LogP contribution in [0.15, 0.2) is 0 Å². The smallest absolute Gasteiger partial charge is 0.306 e. The molecule has 0 spiro atoms. The fourth-order valence-corrected chi connectivity index (χ4v) is 1.41. The minimum Gasteiger partial charge on any atom is -0.457 e. The summed E-state index contributed by atoms with van der Waals surface area (Å²) in [5.74, 6) is -0.122. The summed E-state index contributed by atoms with van der Waals surface area (Å²) in [6.07, 6.45) is 1.28. The second kappa shape index (κ2) is 2.81. The van der Waals surface area contributed by atoms with Gasteiger partial charge in [0.05, 0.1) is 6.10 Å². The first-order valence-corrected chi connectivity index (χ1v) is 3.81. The van der Waals surface area contributed by atoms with Crippen molar-refractivity contribution in [1.29, 1.82) is 0 Å². The third-order valence-corrected chi connectivity index (χ3v) is 2.05. The fourth-order valence-electron chi connectivity index (χ4n) is 1.41. The molecule has 0 amide bonds. The lowest BCUT2D eigenvalue weighted by Crippen LogP contribution is -2.46. The minimum atomic E-state index is -0.454. The Bertz CT molecular complexity index is 163. The van der Waals surface area contributed by atoms with Crippen LogP contribution in [0.3, 0.4) is 0 Å². The number of carbonyl (C=O) groups is 1. The summed E-state index contributed by atoms with van der Waals surface area (Å²) < 4.78 is 10.3. The van der Waals surface area contributed by atoms with Crippen molar-refractivity contribution < 1.29 is 14.3 Å². The number of methoxy groups -OCH3 is 1. The van der Waals surface area contributed by atoms with Crippen LogP contribution >= 0.6 is 0 Å². The van der Waals surface area contributed by atoms with Crippen molar-refractivity contribution in [2.24, 2.45) is 0 Å². The maximum absolute atomic E-state index is 10.9. The van der Waals surface area contributed by atoms with Gasteiger partial charge in [-0.05, 0) is 20.3 Å². The molecule has 3 nitrogen and oxygen atoms in total. The van der Waals surface area contributed by atoms with Gasteiger partial charge in [0.25, 0.3) is 0 Å². The highest BCUT2D eigenvalue weighted by molar-refractivity contribution is 5.70. The van der Waals surface area contributed by atoms with E-state index in [2.05, 4.69) is 0 Å². The molecule has 1 unspecified atom stereocenters. The van der Waals surface area contributed by atoms with E-state index < -0.39 is 5.60 Å². The summed E-state index contributed by atoms with van der Waals surface area (Å²) >= 11 is 0. The molecule has 0 N–H and O–H groups in total. The summed E-state index contributed by atoms with van der Waals surface area (Å²) in [7, 11) is 1.64. The predicted molar refractivity (Wildman–Crippen MR) is 40.2 cm³/mol. The van der Waals surface area contributed by atoms with Gasteiger partial charge >= 0.3 is 5.97 Å². The summed E-state index contributed by atoms with van der Waals surface area (Å²) in [4.78, 5) is 10.9. The molecule has 1 aliphatic heterocycles. The van der Waals surface area contributed by atoms with E-state index >= 15 is 0 Å². The molecule has 3 heteroatoms. The highest BCUT2D eigenvalue weighted by atomic mass is 16.6. The van der Waals surface area contributed by atoms with Crippen molar-refractivity contribution in [2.45, 2.75) is 38.4 Å². The lowest BCUT2D eigenvalue weighted by Gasteiger charge is -2.36. The first kappa shape index (κ1) is 8.53. The molecule has 64 valence electrons. The topological polar surface area (TPSA) is 35.5 Å². The van der Waals surface area contributed by atoms with E-state index in [9.17, 15) is 4.79 Å². The molecular weight excluding hydrogens is 144 g/mol. The number of hydrogen-bond donors (Lipinski definition) is 0. The number of esters is 1. The zero-order valence-corrected chi connectivity index (χ0v) is 7.22. The highest BCUT2D eigenvalue weighted by Crippen LogP contribution is 2.26. The number of hydrogen-bond acceptors (Lipinski definition) is 3. The predicted octanol–water partition coefficient (Wildman–Crippen LogP) is 1.12. The van der Waals surface area contributed by atoms with E-state index in [1.165, 1.54) is 0 Å². The quantitative estimate of drug-likeness (QED) is 0.536. The van der Waals surface area contributed by atoms with Crippen molar-refractivity contribution >= 4 is 5.97 Å². The van der Waals surface area contributed by atoms with E-state index in [1.54, 1.807) is 7.11 Å². The molecule has 1 heterocycles. The normalized spacial score (nSPS) is 29.7. The molecule has 0 saturated carbocycles. The molecule has 1 atom stereocenters. The van der Waals surface area contributed by atoms with Crippen LogP contribution in [0.4, 0.5) is 0 Å². The average Bonchev–Trinajstić information content (AvgIpc) is 1.85. The number of ether oxygens (including phenoxy) is 2. The molecular formula is C8H14O3. The summed E-state index contributed by atoms with van der Waals surface area (Å²) in [5.41, 5.74) is -0.454. The van der Waals surface area contributed by atoms with Crippen LogP contribution < -0.4 is 0 Å². The summed E-state index contributed by atoms with van der Waals surface area (Å²) in [6, 6.07) is 0. The Morgan fingerprint density at radius 3 is 2.73 bits per heavy atom. The monoisotopic (exact) mass is 158 g/mol. The Hall–Kier alpha value is -0.570. The standard InChI is InChI=1S/C8H14O3/c1-8(2)6(10-3)4-5-7(9)11-8/h6H,4-5H2,1-3H3. The molecule has 0 aromatic heterocycles. The Kier molecular flexibility index (Phi) is 2.18. The van der Waals surface area contributed by atoms with Gasteiger partial charge in [-0.25, -0.2) is 0 Å². The SMILES string of the molecule is COC1CCC(=O)OC1(C)C. The van der Waals surface area contributed by atoms with Crippen LogP contribution in [0.25, 0.3) is 0 Å². The van der Waals surface area contributed by atoms with E-state index in [0.29, 0.717) is 6.42 Å². The first-order chi connectivity index (χ1) is 5.06. The maximum Gasteiger partial charge on any atom is 0.306 e. The molecule has 0 aliphatic carbocycles. The zero-order valence-electron chi connectivity index (χ0n) is 7.22. The molecule has 11 heavy (non-hydrogen) atoms. The molecule has 1 rings (SSSR count). The van der Waals surface area contributed by atoms with Crippen LogP contribution in [0, 0.1) is 0 Å². The summed E-state index contributed by atoms with van der Waals surface area (Å²) in [5, 5.41) is 0. The number of cyclic esters (lactones) is 1. The zero-order chi connectivity index (χ0) is 8.48. The third kappa shape index (κ3) is 1.71. The number of carbonyl (C=O) groups excluding carboxylic acids is 1.